The Kier molecular flexibility index (Phi) is 5.81. The quantitative estimate of drug-likeness (QED) is 0.430. The Morgan fingerprint density at radius 1 is 0.882 bits per heavy atom. The third-order valence-electron chi connectivity index (χ3n) is 1.34. The van der Waals surface area contributed by atoms with E-state index in [0.717, 1.165) is 0 Å². The number of hydrogen-bond acceptors (Lipinski definition) is 2. The van der Waals surface area contributed by atoms with Crippen LogP contribution < -0.4 is 0 Å². The van der Waals surface area contributed by atoms with Crippen LogP contribution in [-0.2, 0) is 6.13 Å². The Hall–Kier alpha value is -1.25. The molecule has 0 unspecified atom stereocenters. The molecule has 0 atom stereocenters. The van der Waals surface area contributed by atoms with Gasteiger partial charge in [-0.2, -0.15) is 0 Å². The first kappa shape index (κ1) is 13.8. The van der Waals surface area contributed by atoms with Gasteiger partial charge in [0, 0.05) is 0 Å². The summed E-state index contributed by atoms with van der Waals surface area (Å²) in [6, 6.07) is 8.11. The fraction of sp³-hybridized carbons (Fsp3) is 0. The Labute approximate surface area is 103 Å². The van der Waals surface area contributed by atoms with E-state index in [2.05, 4.69) is 6.13 Å². The second-order valence-electron chi connectivity index (χ2n) is 2.51. The first-order valence-electron chi connectivity index (χ1n) is 4.21. The molecule has 0 heterocycles. The fourth-order valence-electron chi connectivity index (χ4n) is 0.790. The Bertz CT molecular complexity index is 380. The minimum atomic E-state index is -3.01. The van der Waals surface area contributed by atoms with Gasteiger partial charge in [0.1, 0.15) is 0 Å². The first-order valence-corrected chi connectivity index (χ1v) is 7.05. The Balaban J connectivity index is 2.79. The number of hydrogen-bond donors (Lipinski definition) is 0. The third kappa shape index (κ3) is 5.57. The summed E-state index contributed by atoms with van der Waals surface area (Å²) in [6.07, 6.45) is -3.67. The van der Waals surface area contributed by atoms with Crippen molar-refractivity contribution in [1.82, 2.24) is 0 Å². The average molecular weight is 362 g/mol. The minimum absolute atomic E-state index is 0.210. The van der Waals surface area contributed by atoms with Crippen molar-refractivity contribution in [3.05, 3.63) is 58.6 Å². The van der Waals surface area contributed by atoms with Gasteiger partial charge in [0.25, 0.3) is 0 Å². The van der Waals surface area contributed by atoms with E-state index in [1.54, 1.807) is 30.3 Å². The van der Waals surface area contributed by atoms with Gasteiger partial charge in [-0.3, -0.25) is 0 Å². The zero-order valence-electron chi connectivity index (χ0n) is 8.25. The van der Waals surface area contributed by atoms with Crippen molar-refractivity contribution in [3.63, 3.8) is 0 Å². The third-order valence-corrected chi connectivity index (χ3v) is 4.51. The molecule has 0 fully saturated rings. The standard InChI is InChI=1S/C10H7F4IO2/c11-9(12)6-16-15(17-7-10(13)14)8-4-2-1-3-5-8/h1-7H. The molecule has 0 aliphatic rings. The fourth-order valence-corrected chi connectivity index (χ4v) is 3.35. The molecule has 1 aromatic carbocycles. The summed E-state index contributed by atoms with van der Waals surface area (Å²) >= 11 is -3.01. The van der Waals surface area contributed by atoms with E-state index in [4.69, 9.17) is 0 Å². The molecule has 7 heteroatoms. The zero-order chi connectivity index (χ0) is 12.7. The molecule has 0 saturated heterocycles. The SMILES string of the molecule is FC(F)=COI(OC=C(F)F)c1ccccc1. The van der Waals surface area contributed by atoms with E-state index in [1.165, 1.54) is 0 Å². The van der Waals surface area contributed by atoms with Gasteiger partial charge in [-0.25, -0.2) is 0 Å². The molecule has 1 rings (SSSR count). The van der Waals surface area contributed by atoms with Crippen molar-refractivity contribution in [2.45, 2.75) is 0 Å². The van der Waals surface area contributed by atoms with E-state index in [-0.39, 0.29) is 12.5 Å². The summed E-state index contributed by atoms with van der Waals surface area (Å²) in [5.74, 6) is 0. The van der Waals surface area contributed by atoms with Crippen LogP contribution >= 0.6 is 20.6 Å². The molecule has 0 N–H and O–H groups in total. The summed E-state index contributed by atoms with van der Waals surface area (Å²) in [4.78, 5) is 0. The van der Waals surface area contributed by atoms with E-state index in [0.29, 0.717) is 3.57 Å². The molecule has 2 nitrogen and oxygen atoms in total. The van der Waals surface area contributed by atoms with Crippen LogP contribution in [-0.4, -0.2) is 0 Å². The molecule has 0 radical (unpaired) electrons. The maximum absolute atomic E-state index is 11.9. The van der Waals surface area contributed by atoms with Crippen LogP contribution in [0.25, 0.3) is 0 Å². The van der Waals surface area contributed by atoms with Gasteiger partial charge in [0.15, 0.2) is 0 Å². The van der Waals surface area contributed by atoms with Crippen molar-refractivity contribution < 1.29 is 23.7 Å². The topological polar surface area (TPSA) is 18.5 Å². The van der Waals surface area contributed by atoms with Crippen LogP contribution in [0.5, 0.6) is 0 Å². The van der Waals surface area contributed by atoms with Gasteiger partial charge in [0.05, 0.1) is 0 Å². The first-order chi connectivity index (χ1) is 8.09. The normalized spacial score (nSPS) is 10.2. The van der Waals surface area contributed by atoms with E-state index >= 15 is 0 Å². The van der Waals surface area contributed by atoms with Gasteiger partial charge in [0.2, 0.25) is 0 Å². The summed E-state index contributed by atoms with van der Waals surface area (Å²) < 4.78 is 57.3. The van der Waals surface area contributed by atoms with Crippen molar-refractivity contribution >= 4 is 20.6 Å². The van der Waals surface area contributed by atoms with E-state index in [1.807, 2.05) is 0 Å². The van der Waals surface area contributed by atoms with Gasteiger partial charge in [-0.05, 0) is 0 Å². The van der Waals surface area contributed by atoms with Crippen LogP contribution in [0.4, 0.5) is 17.6 Å². The molecule has 0 spiro atoms. The summed E-state index contributed by atoms with van der Waals surface area (Å²) in [7, 11) is 0. The van der Waals surface area contributed by atoms with Crippen LogP contribution in [0.2, 0.25) is 0 Å². The molecule has 17 heavy (non-hydrogen) atoms. The predicted octanol–water partition coefficient (Wildman–Crippen LogP) is 4.70. The maximum atomic E-state index is 11.9. The van der Waals surface area contributed by atoms with E-state index < -0.39 is 32.8 Å². The molecular formula is C10H7F4IO2. The molecular weight excluding hydrogens is 355 g/mol. The molecule has 0 aliphatic heterocycles. The molecule has 0 aromatic heterocycles. The van der Waals surface area contributed by atoms with Crippen LogP contribution in [0.3, 0.4) is 0 Å². The summed E-state index contributed by atoms with van der Waals surface area (Å²) in [5.41, 5.74) is 0. The summed E-state index contributed by atoms with van der Waals surface area (Å²) in [6.45, 7) is 0. The number of halogens is 5. The van der Waals surface area contributed by atoms with Gasteiger partial charge in [-0.1, -0.05) is 0 Å². The zero-order valence-corrected chi connectivity index (χ0v) is 10.4. The predicted molar refractivity (Wildman–Crippen MR) is 61.9 cm³/mol. The van der Waals surface area contributed by atoms with Crippen LogP contribution in [0.15, 0.2) is 55.0 Å². The Morgan fingerprint density at radius 3 is 1.76 bits per heavy atom. The molecule has 1 aromatic rings. The van der Waals surface area contributed by atoms with Gasteiger partial charge >= 0.3 is 103 Å². The molecule has 0 amide bonds. The van der Waals surface area contributed by atoms with Crippen molar-refractivity contribution in [3.8, 4) is 0 Å². The molecule has 0 aliphatic carbocycles. The molecule has 0 bridgehead atoms. The number of rotatable bonds is 5. The molecule has 0 saturated carbocycles. The summed E-state index contributed by atoms with van der Waals surface area (Å²) in [5, 5.41) is 0. The average Bonchev–Trinajstić information content (AvgIpc) is 2.29. The van der Waals surface area contributed by atoms with E-state index in [9.17, 15) is 17.6 Å². The number of benzene rings is 1. The molecule has 94 valence electrons. The second kappa shape index (κ2) is 7.15. The monoisotopic (exact) mass is 362 g/mol. The second-order valence-corrected chi connectivity index (χ2v) is 6.01. The van der Waals surface area contributed by atoms with Gasteiger partial charge in [-0.15, -0.1) is 0 Å². The van der Waals surface area contributed by atoms with Crippen molar-refractivity contribution in [1.29, 1.82) is 0 Å². The van der Waals surface area contributed by atoms with Crippen molar-refractivity contribution in [2.24, 2.45) is 0 Å². The van der Waals surface area contributed by atoms with Crippen LogP contribution in [0.1, 0.15) is 0 Å². The van der Waals surface area contributed by atoms with Gasteiger partial charge < -0.3 is 0 Å². The van der Waals surface area contributed by atoms with Crippen molar-refractivity contribution in [2.75, 3.05) is 0 Å². The Morgan fingerprint density at radius 2 is 1.35 bits per heavy atom. The van der Waals surface area contributed by atoms with Crippen LogP contribution in [0, 0.1) is 3.57 Å².